The summed E-state index contributed by atoms with van der Waals surface area (Å²) in [5.41, 5.74) is 5.10. The molecule has 0 fully saturated rings. The standard InChI is InChI=1S/C22H18N8O2/c1-13-3-2-7-30-17(13)9-15(28-30)20-19-14(26-12-27-19)4-8-29(20)22(31)18-11-25-21(32-18)16-10-23-5-6-24-16/h2-3,5-7,9-12,20H,4,8H2,1H3,(H,26,27)/t20-/m1/s1. The van der Waals surface area contributed by atoms with E-state index in [4.69, 9.17) is 9.52 Å². The van der Waals surface area contributed by atoms with E-state index in [-0.39, 0.29) is 17.6 Å². The van der Waals surface area contributed by atoms with E-state index in [0.29, 0.717) is 18.7 Å². The van der Waals surface area contributed by atoms with Gasteiger partial charge in [0.15, 0.2) is 0 Å². The number of carbonyl (C=O) groups excluding carboxylic acids is 1. The second kappa shape index (κ2) is 7.12. The van der Waals surface area contributed by atoms with Crippen molar-refractivity contribution in [3.8, 4) is 11.6 Å². The molecule has 10 nitrogen and oxygen atoms in total. The van der Waals surface area contributed by atoms with Crippen molar-refractivity contribution in [2.75, 3.05) is 6.54 Å². The third kappa shape index (κ3) is 2.88. The first-order chi connectivity index (χ1) is 15.7. The predicted molar refractivity (Wildman–Crippen MR) is 113 cm³/mol. The third-order valence-corrected chi connectivity index (χ3v) is 5.70. The van der Waals surface area contributed by atoms with Gasteiger partial charge in [0.05, 0.1) is 35.6 Å². The number of aromatic amines is 1. The molecular weight excluding hydrogens is 408 g/mol. The molecule has 0 saturated carbocycles. The number of oxazole rings is 1. The Kier molecular flexibility index (Phi) is 4.10. The molecule has 0 saturated heterocycles. The Morgan fingerprint density at radius 2 is 2.16 bits per heavy atom. The molecule has 0 aliphatic carbocycles. The first kappa shape index (κ1) is 18.4. The molecule has 0 bridgehead atoms. The topological polar surface area (TPSA) is 118 Å². The highest BCUT2D eigenvalue weighted by Gasteiger charge is 2.37. The van der Waals surface area contributed by atoms with Crippen molar-refractivity contribution in [2.45, 2.75) is 19.4 Å². The van der Waals surface area contributed by atoms with Crippen LogP contribution in [0.4, 0.5) is 0 Å². The summed E-state index contributed by atoms with van der Waals surface area (Å²) in [7, 11) is 0. The number of amides is 1. The number of imidazole rings is 1. The lowest BCUT2D eigenvalue weighted by molar-refractivity contribution is 0.0655. The number of fused-ring (bicyclic) bond motifs is 2. The summed E-state index contributed by atoms with van der Waals surface area (Å²) in [5.74, 6) is 0.105. The summed E-state index contributed by atoms with van der Waals surface area (Å²) in [6, 6.07) is 5.55. The average Bonchev–Trinajstić information content (AvgIpc) is 3.58. The van der Waals surface area contributed by atoms with Gasteiger partial charge in [-0.15, -0.1) is 0 Å². The highest BCUT2D eigenvalue weighted by molar-refractivity contribution is 5.92. The molecule has 5 aromatic heterocycles. The maximum atomic E-state index is 13.5. The van der Waals surface area contributed by atoms with Gasteiger partial charge in [-0.05, 0) is 24.6 Å². The lowest BCUT2D eigenvalue weighted by Crippen LogP contribution is -2.40. The SMILES string of the molecule is Cc1cccn2nc([C@@H]3c4nc[nH]c4CCN3C(=O)c3cnc(-c4cnccn4)o3)cc12. The first-order valence-corrected chi connectivity index (χ1v) is 10.2. The molecular formula is C22H18N8O2. The maximum Gasteiger partial charge on any atom is 0.292 e. The fourth-order valence-electron chi connectivity index (χ4n) is 4.15. The van der Waals surface area contributed by atoms with Crippen LogP contribution in [0, 0.1) is 6.92 Å². The van der Waals surface area contributed by atoms with Crippen LogP contribution in [0.25, 0.3) is 17.1 Å². The Labute approximate surface area is 182 Å². The van der Waals surface area contributed by atoms with Gasteiger partial charge >= 0.3 is 0 Å². The molecule has 6 heterocycles. The number of hydrogen-bond donors (Lipinski definition) is 1. The molecule has 0 unspecified atom stereocenters. The number of carbonyl (C=O) groups is 1. The van der Waals surface area contributed by atoms with E-state index in [1.54, 1.807) is 29.8 Å². The van der Waals surface area contributed by atoms with Crippen molar-refractivity contribution in [1.82, 2.24) is 39.4 Å². The summed E-state index contributed by atoms with van der Waals surface area (Å²) >= 11 is 0. The molecule has 158 valence electrons. The van der Waals surface area contributed by atoms with Crippen LogP contribution in [-0.2, 0) is 6.42 Å². The molecule has 1 aliphatic rings. The van der Waals surface area contributed by atoms with Crippen LogP contribution in [0.2, 0.25) is 0 Å². The van der Waals surface area contributed by atoms with E-state index >= 15 is 0 Å². The van der Waals surface area contributed by atoms with Crippen molar-refractivity contribution in [1.29, 1.82) is 0 Å². The van der Waals surface area contributed by atoms with Crippen molar-refractivity contribution in [3.05, 3.63) is 83.9 Å². The maximum absolute atomic E-state index is 13.5. The quantitative estimate of drug-likeness (QED) is 0.471. The molecule has 0 aromatic carbocycles. The molecule has 6 rings (SSSR count). The minimum absolute atomic E-state index is 0.134. The molecule has 1 atom stereocenters. The highest BCUT2D eigenvalue weighted by Crippen LogP contribution is 2.35. The van der Waals surface area contributed by atoms with Crippen LogP contribution >= 0.6 is 0 Å². The van der Waals surface area contributed by atoms with Gasteiger partial charge in [0, 0.05) is 37.3 Å². The lowest BCUT2D eigenvalue weighted by atomic mass is 9.99. The van der Waals surface area contributed by atoms with E-state index in [1.807, 2.05) is 35.8 Å². The molecule has 1 amide bonds. The average molecular weight is 426 g/mol. The zero-order valence-corrected chi connectivity index (χ0v) is 17.1. The van der Waals surface area contributed by atoms with Gasteiger partial charge < -0.3 is 14.3 Å². The summed E-state index contributed by atoms with van der Waals surface area (Å²) < 4.78 is 7.59. The van der Waals surface area contributed by atoms with Crippen LogP contribution < -0.4 is 0 Å². The first-order valence-electron chi connectivity index (χ1n) is 10.2. The van der Waals surface area contributed by atoms with Crippen LogP contribution in [0.5, 0.6) is 0 Å². The normalized spacial score (nSPS) is 15.8. The largest absolute Gasteiger partial charge is 0.429 e. The molecule has 1 N–H and O–H groups in total. The second-order valence-electron chi connectivity index (χ2n) is 7.63. The van der Waals surface area contributed by atoms with Gasteiger partial charge in [-0.3, -0.25) is 9.78 Å². The molecule has 10 heteroatoms. The van der Waals surface area contributed by atoms with Crippen LogP contribution in [0.3, 0.4) is 0 Å². The fraction of sp³-hybridized carbons (Fsp3) is 0.182. The zero-order valence-electron chi connectivity index (χ0n) is 17.1. The van der Waals surface area contributed by atoms with Crippen LogP contribution in [0.1, 0.15) is 39.2 Å². The van der Waals surface area contributed by atoms with Crippen molar-refractivity contribution >= 4 is 11.4 Å². The lowest BCUT2D eigenvalue weighted by Gasteiger charge is -2.33. The zero-order chi connectivity index (χ0) is 21.7. The van der Waals surface area contributed by atoms with Crippen molar-refractivity contribution in [3.63, 3.8) is 0 Å². The van der Waals surface area contributed by atoms with E-state index in [2.05, 4.69) is 24.9 Å². The molecule has 1 aliphatic heterocycles. The summed E-state index contributed by atoms with van der Waals surface area (Å²) in [6.45, 7) is 2.53. The highest BCUT2D eigenvalue weighted by atomic mass is 16.4. The van der Waals surface area contributed by atoms with Crippen LogP contribution in [-0.4, -0.2) is 51.9 Å². The van der Waals surface area contributed by atoms with Crippen LogP contribution in [0.15, 0.2) is 59.9 Å². The van der Waals surface area contributed by atoms with E-state index in [0.717, 1.165) is 28.2 Å². The fourth-order valence-corrected chi connectivity index (χ4v) is 4.15. The van der Waals surface area contributed by atoms with Gasteiger partial charge in [0.1, 0.15) is 11.7 Å². The molecule has 32 heavy (non-hydrogen) atoms. The molecule has 5 aromatic rings. The van der Waals surface area contributed by atoms with Gasteiger partial charge in [0.25, 0.3) is 5.91 Å². The number of nitrogens with one attached hydrogen (secondary N) is 1. The Balaban J connectivity index is 1.41. The van der Waals surface area contributed by atoms with E-state index in [1.165, 1.54) is 6.20 Å². The van der Waals surface area contributed by atoms with E-state index < -0.39 is 6.04 Å². The summed E-state index contributed by atoms with van der Waals surface area (Å²) in [5, 5.41) is 4.76. The number of pyridine rings is 1. The van der Waals surface area contributed by atoms with Gasteiger partial charge in [0.2, 0.25) is 11.7 Å². The second-order valence-corrected chi connectivity index (χ2v) is 7.63. The molecule has 0 spiro atoms. The predicted octanol–water partition coefficient (Wildman–Crippen LogP) is 2.60. The number of rotatable bonds is 3. The minimum atomic E-state index is -0.443. The number of H-pyrrole nitrogens is 1. The van der Waals surface area contributed by atoms with Gasteiger partial charge in [-0.1, -0.05) is 6.07 Å². The monoisotopic (exact) mass is 426 g/mol. The third-order valence-electron chi connectivity index (χ3n) is 5.70. The minimum Gasteiger partial charge on any atom is -0.429 e. The summed E-state index contributed by atoms with van der Waals surface area (Å²) in [4.78, 5) is 35.4. The number of aryl methyl sites for hydroxylation is 1. The Morgan fingerprint density at radius 1 is 1.22 bits per heavy atom. The number of nitrogens with zero attached hydrogens (tertiary/aromatic N) is 7. The van der Waals surface area contributed by atoms with Gasteiger partial charge in [-0.25, -0.2) is 19.5 Å². The van der Waals surface area contributed by atoms with Crippen molar-refractivity contribution in [2.24, 2.45) is 0 Å². The van der Waals surface area contributed by atoms with Gasteiger partial charge in [-0.2, -0.15) is 5.10 Å². The molecule has 0 radical (unpaired) electrons. The number of aromatic nitrogens is 7. The van der Waals surface area contributed by atoms with Crippen molar-refractivity contribution < 1.29 is 9.21 Å². The smallest absolute Gasteiger partial charge is 0.292 e. The van der Waals surface area contributed by atoms with E-state index in [9.17, 15) is 4.79 Å². The summed E-state index contributed by atoms with van der Waals surface area (Å²) in [6.07, 6.45) is 10.3. The Bertz CT molecular complexity index is 1430. The number of hydrogen-bond acceptors (Lipinski definition) is 7. The Morgan fingerprint density at radius 3 is 3.00 bits per heavy atom. The Hall–Kier alpha value is -4.34.